The molecule has 0 bridgehead atoms. The largest absolute Gasteiger partial charge is 0.417 e. The third-order valence-corrected chi connectivity index (χ3v) is 1.90. The predicted molar refractivity (Wildman–Crippen MR) is 59.4 cm³/mol. The highest BCUT2D eigenvalue weighted by Crippen LogP contribution is 2.28. The van der Waals surface area contributed by atoms with Crippen LogP contribution in [0.1, 0.15) is 19.4 Å². The van der Waals surface area contributed by atoms with Crippen LogP contribution in [0.3, 0.4) is 0 Å². The van der Waals surface area contributed by atoms with Crippen molar-refractivity contribution in [2.24, 2.45) is 0 Å². The molecular formula is C10H12F3N3O2. The average molecular weight is 263 g/mol. The van der Waals surface area contributed by atoms with Crippen molar-refractivity contribution in [2.75, 3.05) is 5.32 Å². The van der Waals surface area contributed by atoms with Crippen molar-refractivity contribution in [1.82, 2.24) is 10.3 Å². The van der Waals surface area contributed by atoms with Crippen molar-refractivity contribution in [3.63, 3.8) is 0 Å². The molecule has 1 rings (SSSR count). The van der Waals surface area contributed by atoms with Gasteiger partial charge >= 0.3 is 12.2 Å². The number of nitrogens with one attached hydrogen (secondary N) is 3. The Bertz CT molecular complexity index is 494. The zero-order valence-electron chi connectivity index (χ0n) is 9.68. The van der Waals surface area contributed by atoms with E-state index in [1.54, 1.807) is 13.8 Å². The summed E-state index contributed by atoms with van der Waals surface area (Å²) in [6.45, 7) is 3.35. The van der Waals surface area contributed by atoms with Gasteiger partial charge in [0.25, 0.3) is 5.56 Å². The fourth-order valence-electron chi connectivity index (χ4n) is 1.16. The van der Waals surface area contributed by atoms with Gasteiger partial charge in [0, 0.05) is 12.2 Å². The highest BCUT2D eigenvalue weighted by atomic mass is 19.4. The maximum atomic E-state index is 12.4. The maximum Gasteiger partial charge on any atom is 0.417 e. The first-order valence-corrected chi connectivity index (χ1v) is 5.07. The van der Waals surface area contributed by atoms with Gasteiger partial charge in [-0.25, -0.2) is 4.79 Å². The maximum absolute atomic E-state index is 12.4. The van der Waals surface area contributed by atoms with Gasteiger partial charge < -0.3 is 15.6 Å². The lowest BCUT2D eigenvalue weighted by Crippen LogP contribution is -2.35. The van der Waals surface area contributed by atoms with E-state index in [2.05, 4.69) is 10.6 Å². The summed E-state index contributed by atoms with van der Waals surface area (Å²) in [5.41, 5.74) is -2.30. The standard InChI is InChI=1S/C10H12F3N3O2/c1-5(2)15-9(18)16-7-3-6(10(11,12)13)4-14-8(7)17/h3-5H,1-2H3,(H,14,17)(H2,15,16,18). The molecule has 8 heteroatoms. The molecule has 0 aliphatic rings. The van der Waals surface area contributed by atoms with Crippen LogP contribution in [0.15, 0.2) is 17.1 Å². The third kappa shape index (κ3) is 3.79. The number of aromatic amines is 1. The number of aromatic nitrogens is 1. The Morgan fingerprint density at radius 3 is 2.50 bits per heavy atom. The summed E-state index contributed by atoms with van der Waals surface area (Å²) in [6, 6.07) is -0.358. The molecule has 0 unspecified atom stereocenters. The van der Waals surface area contributed by atoms with Gasteiger partial charge in [0.05, 0.1) is 5.56 Å². The number of halogens is 3. The summed E-state index contributed by atoms with van der Waals surface area (Å²) in [7, 11) is 0. The fourth-order valence-corrected chi connectivity index (χ4v) is 1.16. The van der Waals surface area contributed by atoms with E-state index < -0.39 is 29.0 Å². The van der Waals surface area contributed by atoms with Gasteiger partial charge in [-0.3, -0.25) is 4.79 Å². The number of hydrogen-bond donors (Lipinski definition) is 3. The topological polar surface area (TPSA) is 74.0 Å². The lowest BCUT2D eigenvalue weighted by atomic mass is 10.2. The molecule has 1 heterocycles. The van der Waals surface area contributed by atoms with Crippen molar-refractivity contribution in [3.05, 3.63) is 28.2 Å². The molecule has 100 valence electrons. The monoisotopic (exact) mass is 263 g/mol. The number of hydrogen-bond acceptors (Lipinski definition) is 2. The lowest BCUT2D eigenvalue weighted by molar-refractivity contribution is -0.137. The molecular weight excluding hydrogens is 251 g/mol. The van der Waals surface area contributed by atoms with E-state index >= 15 is 0 Å². The van der Waals surface area contributed by atoms with Crippen molar-refractivity contribution in [2.45, 2.75) is 26.1 Å². The minimum absolute atomic E-state index is 0.199. The minimum Gasteiger partial charge on any atom is -0.336 e. The third-order valence-electron chi connectivity index (χ3n) is 1.90. The second-order valence-corrected chi connectivity index (χ2v) is 3.88. The van der Waals surface area contributed by atoms with Crippen molar-refractivity contribution < 1.29 is 18.0 Å². The average Bonchev–Trinajstić information content (AvgIpc) is 2.18. The smallest absolute Gasteiger partial charge is 0.336 e. The van der Waals surface area contributed by atoms with Crippen molar-refractivity contribution >= 4 is 11.7 Å². The molecule has 0 atom stereocenters. The summed E-state index contributed by atoms with van der Waals surface area (Å²) in [6.07, 6.45) is -4.04. The number of amides is 2. The highest BCUT2D eigenvalue weighted by Gasteiger charge is 2.31. The summed E-state index contributed by atoms with van der Waals surface area (Å²) in [5.74, 6) is 0. The van der Waals surface area contributed by atoms with Gasteiger partial charge in [-0.15, -0.1) is 0 Å². The summed E-state index contributed by atoms with van der Waals surface area (Å²) in [5, 5.41) is 4.45. The van der Waals surface area contributed by atoms with Gasteiger partial charge in [-0.2, -0.15) is 13.2 Å². The van der Waals surface area contributed by atoms with Crippen LogP contribution in [-0.2, 0) is 6.18 Å². The van der Waals surface area contributed by atoms with E-state index in [9.17, 15) is 22.8 Å². The SMILES string of the molecule is CC(C)NC(=O)Nc1cc(C(F)(F)F)c[nH]c1=O. The Hall–Kier alpha value is -1.99. The first-order valence-electron chi connectivity index (χ1n) is 5.07. The van der Waals surface area contributed by atoms with Gasteiger partial charge in [0.2, 0.25) is 0 Å². The van der Waals surface area contributed by atoms with Crippen LogP contribution in [0.4, 0.5) is 23.7 Å². The molecule has 0 saturated heterocycles. The zero-order chi connectivity index (χ0) is 13.9. The van der Waals surface area contributed by atoms with E-state index in [1.165, 1.54) is 0 Å². The zero-order valence-corrected chi connectivity index (χ0v) is 9.68. The Morgan fingerprint density at radius 2 is 2.00 bits per heavy atom. The van der Waals surface area contributed by atoms with Crippen molar-refractivity contribution in [3.8, 4) is 0 Å². The number of urea groups is 1. The minimum atomic E-state index is -4.59. The first-order chi connectivity index (χ1) is 8.20. The second-order valence-electron chi connectivity index (χ2n) is 3.88. The first kappa shape index (κ1) is 14.1. The quantitative estimate of drug-likeness (QED) is 0.762. The van der Waals surface area contributed by atoms with Gasteiger partial charge in [-0.1, -0.05) is 0 Å². The van der Waals surface area contributed by atoms with Crippen LogP contribution in [0.2, 0.25) is 0 Å². The number of alkyl halides is 3. The molecule has 5 nitrogen and oxygen atoms in total. The van der Waals surface area contributed by atoms with Crippen LogP contribution >= 0.6 is 0 Å². The van der Waals surface area contributed by atoms with Crippen LogP contribution in [-0.4, -0.2) is 17.1 Å². The summed E-state index contributed by atoms with van der Waals surface area (Å²) in [4.78, 5) is 24.4. The highest BCUT2D eigenvalue weighted by molar-refractivity contribution is 5.89. The lowest BCUT2D eigenvalue weighted by Gasteiger charge is -2.11. The number of rotatable bonds is 2. The Labute approximate surface area is 100 Å². The molecule has 0 spiro atoms. The normalized spacial score (nSPS) is 11.4. The Morgan fingerprint density at radius 1 is 1.39 bits per heavy atom. The van der Waals surface area contributed by atoms with E-state index in [0.29, 0.717) is 12.3 Å². The van der Waals surface area contributed by atoms with Crippen LogP contribution in [0, 0.1) is 0 Å². The Balaban J connectivity index is 2.95. The fraction of sp³-hybridized carbons (Fsp3) is 0.400. The van der Waals surface area contributed by atoms with Crippen LogP contribution in [0.25, 0.3) is 0 Å². The van der Waals surface area contributed by atoms with Gasteiger partial charge in [-0.05, 0) is 19.9 Å². The molecule has 1 aromatic rings. The molecule has 0 aliphatic carbocycles. The molecule has 1 aromatic heterocycles. The molecule has 0 aromatic carbocycles. The number of carbonyl (C=O) groups excluding carboxylic acids is 1. The van der Waals surface area contributed by atoms with E-state index in [4.69, 9.17) is 0 Å². The van der Waals surface area contributed by atoms with Crippen molar-refractivity contribution in [1.29, 1.82) is 0 Å². The van der Waals surface area contributed by atoms with Crippen LogP contribution in [0.5, 0.6) is 0 Å². The van der Waals surface area contributed by atoms with Gasteiger partial charge in [0.1, 0.15) is 5.69 Å². The number of carbonyl (C=O) groups is 1. The molecule has 2 amide bonds. The van der Waals surface area contributed by atoms with E-state index in [-0.39, 0.29) is 6.04 Å². The van der Waals surface area contributed by atoms with Crippen LogP contribution < -0.4 is 16.2 Å². The van der Waals surface area contributed by atoms with E-state index in [1.807, 2.05) is 4.98 Å². The molecule has 0 fully saturated rings. The number of H-pyrrole nitrogens is 1. The molecule has 3 N–H and O–H groups in total. The summed E-state index contributed by atoms with van der Waals surface area (Å²) < 4.78 is 37.2. The predicted octanol–water partition coefficient (Wildman–Crippen LogP) is 1.92. The molecule has 0 aliphatic heterocycles. The second kappa shape index (κ2) is 5.11. The number of anilines is 1. The molecule has 18 heavy (non-hydrogen) atoms. The number of pyridine rings is 1. The molecule has 0 radical (unpaired) electrons. The van der Waals surface area contributed by atoms with Gasteiger partial charge in [0.15, 0.2) is 0 Å². The summed E-state index contributed by atoms with van der Waals surface area (Å²) >= 11 is 0. The Kier molecular flexibility index (Phi) is 4.00. The van der Waals surface area contributed by atoms with E-state index in [0.717, 1.165) is 0 Å². The molecule has 0 saturated carbocycles.